The third-order valence-electron chi connectivity index (χ3n) is 2.54. The molecule has 0 saturated carbocycles. The fraction of sp³-hybridized carbons (Fsp3) is 0.667. The summed E-state index contributed by atoms with van der Waals surface area (Å²) in [5.74, 6) is 2.22. The number of aromatic amines is 1. The predicted molar refractivity (Wildman–Crippen MR) is 88.4 cm³/mol. The molecular formula is C12H22N6S2. The summed E-state index contributed by atoms with van der Waals surface area (Å²) in [6.07, 6.45) is 10.4. The Labute approximate surface area is 128 Å². The molecule has 8 heteroatoms. The van der Waals surface area contributed by atoms with Gasteiger partial charge in [0.15, 0.2) is 5.16 Å². The van der Waals surface area contributed by atoms with Gasteiger partial charge in [-0.05, 0) is 18.6 Å². The highest BCUT2D eigenvalue weighted by molar-refractivity contribution is 8.12. The maximum absolute atomic E-state index is 5.06. The summed E-state index contributed by atoms with van der Waals surface area (Å²) in [6, 6.07) is 0. The van der Waals surface area contributed by atoms with Crippen LogP contribution in [0.4, 0.5) is 0 Å². The van der Waals surface area contributed by atoms with Gasteiger partial charge in [0.05, 0.1) is 5.55 Å². The van der Waals surface area contributed by atoms with Crippen LogP contribution in [0.15, 0.2) is 21.7 Å². The van der Waals surface area contributed by atoms with E-state index in [1.807, 2.05) is 0 Å². The van der Waals surface area contributed by atoms with Crippen molar-refractivity contribution in [2.45, 2.75) is 43.7 Å². The molecule has 0 atom stereocenters. The molecular weight excluding hydrogens is 292 g/mol. The van der Waals surface area contributed by atoms with Crippen molar-refractivity contribution in [2.24, 2.45) is 15.9 Å². The lowest BCUT2D eigenvalue weighted by molar-refractivity contribution is 0.629. The van der Waals surface area contributed by atoms with E-state index in [1.54, 1.807) is 35.4 Å². The molecule has 1 aromatic rings. The van der Waals surface area contributed by atoms with Crippen LogP contribution in [0.1, 0.15) is 38.5 Å². The lowest BCUT2D eigenvalue weighted by Gasteiger charge is -2.00. The van der Waals surface area contributed by atoms with E-state index in [9.17, 15) is 0 Å². The molecule has 0 bridgehead atoms. The van der Waals surface area contributed by atoms with Crippen molar-refractivity contribution >= 4 is 35.4 Å². The highest BCUT2D eigenvalue weighted by atomic mass is 32.2. The Morgan fingerprint density at radius 2 is 1.85 bits per heavy atom. The average molecular weight is 314 g/mol. The molecule has 1 heterocycles. The zero-order valence-corrected chi connectivity index (χ0v) is 13.2. The minimum Gasteiger partial charge on any atom is -0.388 e. The van der Waals surface area contributed by atoms with Gasteiger partial charge in [-0.15, -0.1) is 16.9 Å². The van der Waals surface area contributed by atoms with Crippen LogP contribution in [0.3, 0.4) is 0 Å². The van der Waals surface area contributed by atoms with E-state index >= 15 is 0 Å². The Kier molecular flexibility index (Phi) is 11.1. The largest absolute Gasteiger partial charge is 0.388 e. The molecule has 112 valence electrons. The number of aromatic nitrogens is 3. The molecule has 0 fully saturated rings. The Bertz CT molecular complexity index is 366. The van der Waals surface area contributed by atoms with Crippen LogP contribution in [-0.2, 0) is 0 Å². The molecule has 0 aliphatic carbocycles. The van der Waals surface area contributed by atoms with Gasteiger partial charge < -0.3 is 5.73 Å². The number of nitrogens with two attached hydrogens (primary N) is 1. The second-order valence-corrected chi connectivity index (χ2v) is 6.15. The summed E-state index contributed by atoms with van der Waals surface area (Å²) in [5, 5.41) is 14.9. The minimum atomic E-state index is 0.919. The summed E-state index contributed by atoms with van der Waals surface area (Å²) < 4.78 is 0. The molecule has 0 amide bonds. The van der Waals surface area contributed by atoms with Gasteiger partial charge in [-0.1, -0.05) is 37.4 Å². The molecule has 0 aromatic carbocycles. The first-order valence-corrected chi connectivity index (χ1v) is 8.81. The van der Waals surface area contributed by atoms with Crippen molar-refractivity contribution in [1.82, 2.24) is 15.2 Å². The Morgan fingerprint density at radius 1 is 1.10 bits per heavy atom. The smallest absolute Gasteiger partial charge is 0.183 e. The molecule has 1 aromatic heterocycles. The molecule has 3 N–H and O–H groups in total. The normalized spacial score (nSPS) is 11.8. The zero-order valence-electron chi connectivity index (χ0n) is 11.6. The van der Waals surface area contributed by atoms with Crippen molar-refractivity contribution in [3.63, 3.8) is 0 Å². The quantitative estimate of drug-likeness (QED) is 0.203. The number of nitrogens with one attached hydrogen (secondary N) is 1. The number of nitrogens with zero attached hydrogens (tertiary/aromatic N) is 4. The fourth-order valence-electron chi connectivity index (χ4n) is 1.58. The first-order valence-electron chi connectivity index (χ1n) is 6.78. The van der Waals surface area contributed by atoms with Crippen molar-refractivity contribution < 1.29 is 0 Å². The summed E-state index contributed by atoms with van der Waals surface area (Å²) in [7, 11) is 0. The van der Waals surface area contributed by atoms with Crippen LogP contribution in [0.25, 0.3) is 0 Å². The maximum atomic E-state index is 5.06. The third kappa shape index (κ3) is 9.85. The highest BCUT2D eigenvalue weighted by Crippen LogP contribution is 2.15. The molecule has 1 rings (SSSR count). The van der Waals surface area contributed by atoms with Gasteiger partial charge in [0.2, 0.25) is 0 Å². The van der Waals surface area contributed by atoms with E-state index in [0.29, 0.717) is 0 Å². The Balaban J connectivity index is 1.76. The van der Waals surface area contributed by atoms with Crippen molar-refractivity contribution in [3.8, 4) is 0 Å². The van der Waals surface area contributed by atoms with Gasteiger partial charge in [-0.2, -0.15) is 10.2 Å². The maximum Gasteiger partial charge on any atom is 0.183 e. The van der Waals surface area contributed by atoms with E-state index in [-0.39, 0.29) is 0 Å². The first-order chi connectivity index (χ1) is 9.93. The zero-order chi connectivity index (χ0) is 14.3. The SMILES string of the molecule is NC=N/N=C/SCCCCCCCCSc1ncn[nH]1. The average Bonchev–Trinajstić information content (AvgIpc) is 2.97. The molecule has 0 saturated heterocycles. The van der Waals surface area contributed by atoms with Gasteiger partial charge >= 0.3 is 0 Å². The van der Waals surface area contributed by atoms with E-state index in [4.69, 9.17) is 5.73 Å². The number of unbranched alkanes of at least 4 members (excludes halogenated alkanes) is 5. The first kappa shape index (κ1) is 17.0. The third-order valence-corrected chi connectivity index (χ3v) is 4.27. The van der Waals surface area contributed by atoms with E-state index in [2.05, 4.69) is 25.4 Å². The van der Waals surface area contributed by atoms with Crippen LogP contribution in [0, 0.1) is 0 Å². The summed E-state index contributed by atoms with van der Waals surface area (Å²) in [4.78, 5) is 4.08. The molecule has 0 aliphatic heterocycles. The number of thioether (sulfide) groups is 2. The molecule has 0 unspecified atom stereocenters. The number of H-pyrrole nitrogens is 1. The Morgan fingerprint density at radius 3 is 2.55 bits per heavy atom. The van der Waals surface area contributed by atoms with E-state index < -0.39 is 0 Å². The monoisotopic (exact) mass is 314 g/mol. The topological polar surface area (TPSA) is 92.3 Å². The Hall–Kier alpha value is -1.02. The molecule has 0 spiro atoms. The number of rotatable bonds is 12. The van der Waals surface area contributed by atoms with Crippen LogP contribution in [0.5, 0.6) is 0 Å². The minimum absolute atomic E-state index is 0.919. The van der Waals surface area contributed by atoms with Crippen molar-refractivity contribution in [1.29, 1.82) is 0 Å². The molecule has 0 radical (unpaired) electrons. The van der Waals surface area contributed by atoms with Crippen LogP contribution >= 0.6 is 23.5 Å². The van der Waals surface area contributed by atoms with Gasteiger partial charge in [0.1, 0.15) is 12.7 Å². The van der Waals surface area contributed by atoms with Crippen LogP contribution < -0.4 is 5.73 Å². The second kappa shape index (κ2) is 13.0. The highest BCUT2D eigenvalue weighted by Gasteiger charge is 1.96. The number of hydrogen-bond acceptors (Lipinski definition) is 6. The predicted octanol–water partition coefficient (Wildman–Crippen LogP) is 2.90. The van der Waals surface area contributed by atoms with Crippen molar-refractivity contribution in [3.05, 3.63) is 6.33 Å². The van der Waals surface area contributed by atoms with Gasteiger partial charge in [0.25, 0.3) is 0 Å². The van der Waals surface area contributed by atoms with Gasteiger partial charge in [-0.25, -0.2) is 4.98 Å². The van der Waals surface area contributed by atoms with Gasteiger partial charge in [-0.3, -0.25) is 5.10 Å². The van der Waals surface area contributed by atoms with Crippen LogP contribution in [-0.4, -0.2) is 38.6 Å². The lowest BCUT2D eigenvalue weighted by atomic mass is 10.1. The summed E-state index contributed by atoms with van der Waals surface area (Å²) >= 11 is 3.42. The van der Waals surface area contributed by atoms with Crippen molar-refractivity contribution in [2.75, 3.05) is 11.5 Å². The lowest BCUT2D eigenvalue weighted by Crippen LogP contribution is -1.86. The number of hydrogen-bond donors (Lipinski definition) is 2. The fourth-order valence-corrected chi connectivity index (χ4v) is 2.96. The van der Waals surface area contributed by atoms with Crippen LogP contribution in [0.2, 0.25) is 0 Å². The molecule has 0 aliphatic rings. The molecule has 20 heavy (non-hydrogen) atoms. The summed E-state index contributed by atoms with van der Waals surface area (Å²) in [6.45, 7) is 0. The summed E-state index contributed by atoms with van der Waals surface area (Å²) in [5.41, 5.74) is 6.80. The van der Waals surface area contributed by atoms with E-state index in [0.717, 1.165) is 16.7 Å². The second-order valence-electron chi connectivity index (χ2n) is 4.12. The van der Waals surface area contributed by atoms with Gasteiger partial charge in [0, 0.05) is 5.75 Å². The van der Waals surface area contributed by atoms with E-state index in [1.165, 1.54) is 44.9 Å². The standard InChI is InChI=1S/C12H22N6S2/c13-9-15-17-11-19-7-5-3-1-2-4-6-8-20-12-14-10-16-18-12/h9-11H,1-8H2,(H2,13,15)(H,14,16,18)/b17-11+. The molecule has 6 nitrogen and oxygen atoms in total.